The number of carbonyl (C=O) groups is 2. The fourth-order valence-corrected chi connectivity index (χ4v) is 3.15. The number of amides is 1. The molecule has 1 N–H and O–H groups in total. The van der Waals surface area contributed by atoms with E-state index in [-0.39, 0.29) is 6.61 Å². The van der Waals surface area contributed by atoms with Gasteiger partial charge in [0.15, 0.2) is 24.7 Å². The van der Waals surface area contributed by atoms with E-state index in [1.54, 1.807) is 18.2 Å². The predicted octanol–water partition coefficient (Wildman–Crippen LogP) is 3.33. The SMILES string of the molecule is Cc1cc(C)c(OCC(=O)OCC(=O)Nc2ccc3c(c2)OCCCO3)c(C)c1. The first-order valence-electron chi connectivity index (χ1n) is 9.48. The Morgan fingerprint density at radius 2 is 1.66 bits per heavy atom. The lowest BCUT2D eigenvalue weighted by atomic mass is 10.1. The number of anilines is 1. The molecule has 2 aromatic carbocycles. The number of hydrogen-bond acceptors (Lipinski definition) is 6. The standard InChI is InChI=1S/C22H25NO6/c1-14-9-15(2)22(16(3)10-14)29-13-21(25)28-12-20(24)23-17-5-6-18-19(11-17)27-8-4-7-26-18/h5-6,9-11H,4,7-8,12-13H2,1-3H3,(H,23,24). The molecule has 1 amide bonds. The molecule has 1 aliphatic rings. The van der Waals surface area contributed by atoms with Crippen molar-refractivity contribution in [3.63, 3.8) is 0 Å². The Morgan fingerprint density at radius 3 is 2.38 bits per heavy atom. The lowest BCUT2D eigenvalue weighted by Gasteiger charge is -2.13. The zero-order valence-electron chi connectivity index (χ0n) is 16.9. The summed E-state index contributed by atoms with van der Waals surface area (Å²) in [5.41, 5.74) is 3.56. The van der Waals surface area contributed by atoms with E-state index in [0.29, 0.717) is 36.1 Å². The number of carbonyl (C=O) groups excluding carboxylic acids is 2. The van der Waals surface area contributed by atoms with Gasteiger partial charge in [-0.15, -0.1) is 0 Å². The van der Waals surface area contributed by atoms with E-state index in [9.17, 15) is 9.59 Å². The molecule has 2 aromatic rings. The maximum absolute atomic E-state index is 12.1. The average Bonchev–Trinajstić information content (AvgIpc) is 2.90. The molecule has 0 saturated carbocycles. The lowest BCUT2D eigenvalue weighted by molar-refractivity contribution is -0.149. The van der Waals surface area contributed by atoms with Gasteiger partial charge in [-0.1, -0.05) is 17.7 Å². The van der Waals surface area contributed by atoms with Crippen molar-refractivity contribution in [2.24, 2.45) is 0 Å². The molecule has 0 fully saturated rings. The Bertz CT molecular complexity index is 885. The van der Waals surface area contributed by atoms with Crippen molar-refractivity contribution >= 4 is 17.6 Å². The molecule has 7 heteroatoms. The molecular formula is C22H25NO6. The van der Waals surface area contributed by atoms with E-state index >= 15 is 0 Å². The third kappa shape index (κ3) is 5.63. The van der Waals surface area contributed by atoms with Crippen LogP contribution in [0.2, 0.25) is 0 Å². The summed E-state index contributed by atoms with van der Waals surface area (Å²) in [6.45, 7) is 6.33. The molecule has 1 heterocycles. The first-order chi connectivity index (χ1) is 13.9. The van der Waals surface area contributed by atoms with Crippen LogP contribution in [0.4, 0.5) is 5.69 Å². The molecule has 29 heavy (non-hydrogen) atoms. The number of rotatable bonds is 6. The zero-order chi connectivity index (χ0) is 20.8. The quantitative estimate of drug-likeness (QED) is 0.750. The number of esters is 1. The number of nitrogens with one attached hydrogen (secondary N) is 1. The molecular weight excluding hydrogens is 374 g/mol. The van der Waals surface area contributed by atoms with Crippen molar-refractivity contribution in [2.75, 3.05) is 31.7 Å². The minimum Gasteiger partial charge on any atom is -0.490 e. The number of benzene rings is 2. The van der Waals surface area contributed by atoms with Gasteiger partial charge in [0.25, 0.3) is 5.91 Å². The maximum Gasteiger partial charge on any atom is 0.344 e. The first-order valence-corrected chi connectivity index (χ1v) is 9.48. The fraction of sp³-hybridized carbons (Fsp3) is 0.364. The van der Waals surface area contributed by atoms with Crippen molar-refractivity contribution in [3.8, 4) is 17.2 Å². The van der Waals surface area contributed by atoms with Crippen LogP contribution in [0, 0.1) is 20.8 Å². The van der Waals surface area contributed by atoms with Crippen LogP contribution in [0.1, 0.15) is 23.1 Å². The van der Waals surface area contributed by atoms with Gasteiger partial charge in [0.1, 0.15) is 5.75 Å². The Balaban J connectivity index is 1.47. The Morgan fingerprint density at radius 1 is 0.966 bits per heavy atom. The first kappa shape index (κ1) is 20.5. The minimum absolute atomic E-state index is 0.262. The van der Waals surface area contributed by atoms with E-state index in [1.807, 2.05) is 32.9 Å². The van der Waals surface area contributed by atoms with Crippen LogP contribution < -0.4 is 19.5 Å². The molecule has 0 spiro atoms. The average molecular weight is 399 g/mol. The zero-order valence-corrected chi connectivity index (χ0v) is 16.9. The number of ether oxygens (including phenoxy) is 4. The van der Waals surface area contributed by atoms with Crippen molar-refractivity contribution in [3.05, 3.63) is 47.0 Å². The molecule has 0 radical (unpaired) electrons. The summed E-state index contributed by atoms with van der Waals surface area (Å²) in [6.07, 6.45) is 0.802. The molecule has 154 valence electrons. The summed E-state index contributed by atoms with van der Waals surface area (Å²) in [5.74, 6) is 0.818. The third-order valence-electron chi connectivity index (χ3n) is 4.33. The summed E-state index contributed by atoms with van der Waals surface area (Å²) < 4.78 is 21.7. The topological polar surface area (TPSA) is 83.1 Å². The van der Waals surface area contributed by atoms with E-state index in [4.69, 9.17) is 18.9 Å². The normalized spacial score (nSPS) is 12.7. The Kier molecular flexibility index (Phi) is 6.59. The van der Waals surface area contributed by atoms with E-state index in [1.165, 1.54) is 0 Å². The van der Waals surface area contributed by atoms with Crippen LogP contribution in [0.25, 0.3) is 0 Å². The van der Waals surface area contributed by atoms with Gasteiger partial charge in [-0.25, -0.2) is 4.79 Å². The molecule has 0 atom stereocenters. The molecule has 0 bridgehead atoms. The van der Waals surface area contributed by atoms with Crippen LogP contribution in [-0.4, -0.2) is 38.3 Å². The van der Waals surface area contributed by atoms with E-state index < -0.39 is 18.5 Å². The van der Waals surface area contributed by atoms with Crippen LogP contribution in [0.3, 0.4) is 0 Å². The van der Waals surface area contributed by atoms with Gasteiger partial charge in [-0.05, 0) is 44.0 Å². The van der Waals surface area contributed by atoms with Crippen molar-refractivity contribution < 1.29 is 28.5 Å². The second kappa shape index (κ2) is 9.32. The van der Waals surface area contributed by atoms with Crippen molar-refractivity contribution in [1.29, 1.82) is 0 Å². The van der Waals surface area contributed by atoms with Gasteiger partial charge >= 0.3 is 5.97 Å². The van der Waals surface area contributed by atoms with Gasteiger partial charge in [0, 0.05) is 18.2 Å². The summed E-state index contributed by atoms with van der Waals surface area (Å²) in [4.78, 5) is 24.0. The summed E-state index contributed by atoms with van der Waals surface area (Å²) in [7, 11) is 0. The van der Waals surface area contributed by atoms with Gasteiger partial charge in [0.05, 0.1) is 13.2 Å². The number of aryl methyl sites for hydroxylation is 3. The summed E-state index contributed by atoms with van der Waals surface area (Å²) in [5, 5.41) is 2.67. The van der Waals surface area contributed by atoms with Crippen molar-refractivity contribution in [1.82, 2.24) is 0 Å². The maximum atomic E-state index is 12.1. The molecule has 0 aliphatic carbocycles. The van der Waals surface area contributed by atoms with Crippen LogP contribution in [0.5, 0.6) is 17.2 Å². The number of hydrogen-bond donors (Lipinski definition) is 1. The van der Waals surface area contributed by atoms with Crippen molar-refractivity contribution in [2.45, 2.75) is 27.2 Å². The van der Waals surface area contributed by atoms with E-state index in [2.05, 4.69) is 5.32 Å². The molecule has 0 saturated heterocycles. The van der Waals surface area contributed by atoms with Crippen LogP contribution in [-0.2, 0) is 14.3 Å². The third-order valence-corrected chi connectivity index (χ3v) is 4.33. The fourth-order valence-electron chi connectivity index (χ4n) is 3.15. The molecule has 7 nitrogen and oxygen atoms in total. The molecule has 0 unspecified atom stereocenters. The van der Waals surface area contributed by atoms with Gasteiger partial charge < -0.3 is 24.3 Å². The second-order valence-electron chi connectivity index (χ2n) is 6.94. The summed E-state index contributed by atoms with van der Waals surface area (Å²) >= 11 is 0. The summed E-state index contributed by atoms with van der Waals surface area (Å²) in [6, 6.07) is 9.10. The largest absolute Gasteiger partial charge is 0.490 e. The van der Waals surface area contributed by atoms with Gasteiger partial charge in [-0.3, -0.25) is 4.79 Å². The van der Waals surface area contributed by atoms with Crippen LogP contribution >= 0.6 is 0 Å². The molecule has 1 aliphatic heterocycles. The predicted molar refractivity (Wildman–Crippen MR) is 108 cm³/mol. The van der Waals surface area contributed by atoms with Gasteiger partial charge in [-0.2, -0.15) is 0 Å². The Hall–Kier alpha value is -3.22. The van der Waals surface area contributed by atoms with E-state index in [0.717, 1.165) is 23.1 Å². The highest BCUT2D eigenvalue weighted by Crippen LogP contribution is 2.32. The smallest absolute Gasteiger partial charge is 0.344 e. The minimum atomic E-state index is -0.613. The van der Waals surface area contributed by atoms with Gasteiger partial charge in [0.2, 0.25) is 0 Å². The number of fused-ring (bicyclic) bond motifs is 1. The Labute approximate surface area is 169 Å². The molecule has 3 rings (SSSR count). The van der Waals surface area contributed by atoms with Crippen LogP contribution in [0.15, 0.2) is 30.3 Å². The highest BCUT2D eigenvalue weighted by molar-refractivity contribution is 5.93. The highest BCUT2D eigenvalue weighted by Gasteiger charge is 2.14. The second-order valence-corrected chi connectivity index (χ2v) is 6.94. The lowest BCUT2D eigenvalue weighted by Crippen LogP contribution is -2.24. The molecule has 0 aromatic heterocycles. The monoisotopic (exact) mass is 399 g/mol. The highest BCUT2D eigenvalue weighted by atomic mass is 16.6.